The van der Waals surface area contributed by atoms with E-state index in [1.165, 1.54) is 12.1 Å². The summed E-state index contributed by atoms with van der Waals surface area (Å²) < 4.78 is 10.9. The molecular formula is C20H17Cl2NO4. The molecule has 0 saturated carbocycles. The van der Waals surface area contributed by atoms with Crippen LogP contribution in [0.15, 0.2) is 42.0 Å². The van der Waals surface area contributed by atoms with Crippen molar-refractivity contribution in [3.63, 3.8) is 0 Å². The zero-order chi connectivity index (χ0) is 20.0. The fourth-order valence-corrected chi connectivity index (χ4v) is 3.09. The Morgan fingerprint density at radius 3 is 2.33 bits per heavy atom. The molecular weight excluding hydrogens is 389 g/mol. The maximum absolute atomic E-state index is 11.6. The first-order chi connectivity index (χ1) is 12.8. The second-order valence-electron chi connectivity index (χ2n) is 5.79. The van der Waals surface area contributed by atoms with Gasteiger partial charge in [0.15, 0.2) is 12.4 Å². The quantitative estimate of drug-likeness (QED) is 0.627. The molecule has 0 amide bonds. The van der Waals surface area contributed by atoms with Gasteiger partial charge < -0.3 is 14.6 Å². The average Bonchev–Trinajstić information content (AvgIpc) is 2.60. The summed E-state index contributed by atoms with van der Waals surface area (Å²) in [6, 6.07) is 12.0. The molecule has 5 nitrogen and oxygen atoms in total. The third kappa shape index (κ3) is 5.16. The Hall–Kier alpha value is -2.68. The van der Waals surface area contributed by atoms with E-state index in [0.717, 1.165) is 0 Å². The number of carboxylic acid groups (broad SMARTS) is 1. The highest BCUT2D eigenvalue weighted by Crippen LogP contribution is 2.37. The maximum atomic E-state index is 11.6. The summed E-state index contributed by atoms with van der Waals surface area (Å²) in [5, 5.41) is 18.5. The van der Waals surface area contributed by atoms with Crippen LogP contribution in [-0.4, -0.2) is 17.7 Å². The highest BCUT2D eigenvalue weighted by Gasteiger charge is 2.17. The Balaban J connectivity index is 2.27. The number of halogens is 2. The van der Waals surface area contributed by atoms with E-state index < -0.39 is 5.97 Å². The lowest BCUT2D eigenvalue weighted by molar-refractivity contribution is -0.130. The van der Waals surface area contributed by atoms with E-state index in [1.54, 1.807) is 32.0 Å². The number of hydrogen-bond donors (Lipinski definition) is 1. The Kier molecular flexibility index (Phi) is 7.12. The summed E-state index contributed by atoms with van der Waals surface area (Å²) >= 11 is 12.3. The third-order valence-electron chi connectivity index (χ3n) is 3.65. The molecule has 0 heterocycles. The zero-order valence-corrected chi connectivity index (χ0v) is 16.3. The van der Waals surface area contributed by atoms with Crippen LogP contribution in [0.4, 0.5) is 0 Å². The minimum Gasteiger partial charge on any atom is -0.489 e. The molecule has 0 aliphatic carbocycles. The number of nitriles is 1. The molecule has 0 aliphatic rings. The number of benzene rings is 2. The molecule has 2 rings (SSSR count). The van der Waals surface area contributed by atoms with Crippen LogP contribution >= 0.6 is 23.2 Å². The molecule has 0 radical (unpaired) electrons. The van der Waals surface area contributed by atoms with Gasteiger partial charge in [-0.2, -0.15) is 5.26 Å². The smallest absolute Gasteiger partial charge is 0.336 e. The lowest BCUT2D eigenvalue weighted by Gasteiger charge is -2.14. The van der Waals surface area contributed by atoms with Gasteiger partial charge in [-0.3, -0.25) is 0 Å². The number of carbonyl (C=O) groups is 1. The molecule has 140 valence electrons. The van der Waals surface area contributed by atoms with Gasteiger partial charge in [0.25, 0.3) is 0 Å². The van der Waals surface area contributed by atoms with Crippen molar-refractivity contribution in [2.24, 2.45) is 0 Å². The summed E-state index contributed by atoms with van der Waals surface area (Å²) in [5.41, 5.74) is 2.25. The van der Waals surface area contributed by atoms with Crippen LogP contribution in [0.25, 0.3) is 5.57 Å². The monoisotopic (exact) mass is 405 g/mol. The minimum atomic E-state index is -0.993. The van der Waals surface area contributed by atoms with Crippen LogP contribution < -0.4 is 9.47 Å². The van der Waals surface area contributed by atoms with Crippen molar-refractivity contribution in [1.29, 1.82) is 5.26 Å². The molecule has 0 aliphatic heterocycles. The standard InChI is InChI=1S/C20H17Cl2NO4/c1-12(2)18(20(24)25)15-6-4-3-5-13(15)11-27-14-9-16(21)19(17(22)10-14)26-8-7-23/h3-6,9-10H,8,11H2,1-2H3,(H,24,25). The molecule has 2 aromatic rings. The van der Waals surface area contributed by atoms with Crippen LogP contribution in [0.1, 0.15) is 25.0 Å². The maximum Gasteiger partial charge on any atom is 0.336 e. The van der Waals surface area contributed by atoms with Crippen LogP contribution in [0.5, 0.6) is 11.5 Å². The molecule has 0 spiro atoms. The molecule has 0 bridgehead atoms. The third-order valence-corrected chi connectivity index (χ3v) is 4.21. The Morgan fingerprint density at radius 1 is 1.15 bits per heavy atom. The Bertz CT molecular complexity index is 905. The van der Waals surface area contributed by atoms with Crippen molar-refractivity contribution >= 4 is 34.7 Å². The first-order valence-electron chi connectivity index (χ1n) is 7.95. The number of carboxylic acids is 1. The molecule has 0 fully saturated rings. The number of aliphatic carboxylic acids is 1. The predicted octanol–water partition coefficient (Wildman–Crippen LogP) is 5.35. The fraction of sp³-hybridized carbons (Fsp3) is 0.200. The number of allylic oxidation sites excluding steroid dienone is 1. The first-order valence-corrected chi connectivity index (χ1v) is 8.71. The summed E-state index contributed by atoms with van der Waals surface area (Å²) in [6.07, 6.45) is 0. The van der Waals surface area contributed by atoms with Gasteiger partial charge in [0.2, 0.25) is 0 Å². The van der Waals surface area contributed by atoms with Gasteiger partial charge in [-0.05, 0) is 25.0 Å². The number of nitrogens with zero attached hydrogens (tertiary/aromatic N) is 1. The predicted molar refractivity (Wildman–Crippen MR) is 104 cm³/mol. The normalized spacial score (nSPS) is 10.0. The summed E-state index contributed by atoms with van der Waals surface area (Å²) in [7, 11) is 0. The van der Waals surface area contributed by atoms with E-state index in [9.17, 15) is 9.90 Å². The largest absolute Gasteiger partial charge is 0.489 e. The van der Waals surface area contributed by atoms with Crippen molar-refractivity contribution in [3.8, 4) is 17.6 Å². The SMILES string of the molecule is CC(C)=C(C(=O)O)c1ccccc1COc1cc(Cl)c(OCC#N)c(Cl)c1. The lowest BCUT2D eigenvalue weighted by Crippen LogP contribution is -2.07. The van der Waals surface area contributed by atoms with Gasteiger partial charge in [0.05, 0.1) is 15.6 Å². The molecule has 0 atom stereocenters. The molecule has 27 heavy (non-hydrogen) atoms. The number of hydrogen-bond acceptors (Lipinski definition) is 4. The van der Waals surface area contributed by atoms with Crippen molar-refractivity contribution in [3.05, 3.63) is 63.1 Å². The first kappa shape index (κ1) is 20.6. The van der Waals surface area contributed by atoms with Gasteiger partial charge in [0, 0.05) is 12.1 Å². The van der Waals surface area contributed by atoms with Crippen LogP contribution in [0, 0.1) is 11.3 Å². The van der Waals surface area contributed by atoms with Gasteiger partial charge >= 0.3 is 5.97 Å². The number of rotatable bonds is 7. The second-order valence-corrected chi connectivity index (χ2v) is 6.60. The van der Waals surface area contributed by atoms with Crippen molar-refractivity contribution in [2.75, 3.05) is 6.61 Å². The summed E-state index contributed by atoms with van der Waals surface area (Å²) in [6.45, 7) is 3.46. The molecule has 1 N–H and O–H groups in total. The Labute approximate surface area is 167 Å². The fourth-order valence-electron chi connectivity index (χ4n) is 2.51. The van der Waals surface area contributed by atoms with Crippen LogP contribution in [-0.2, 0) is 11.4 Å². The minimum absolute atomic E-state index is 0.130. The van der Waals surface area contributed by atoms with E-state index >= 15 is 0 Å². The van der Waals surface area contributed by atoms with E-state index in [0.29, 0.717) is 22.4 Å². The van der Waals surface area contributed by atoms with E-state index in [1.807, 2.05) is 12.1 Å². The molecule has 0 saturated heterocycles. The number of ether oxygens (including phenoxy) is 2. The Morgan fingerprint density at radius 2 is 1.78 bits per heavy atom. The molecule has 0 unspecified atom stereocenters. The highest BCUT2D eigenvalue weighted by atomic mass is 35.5. The molecule has 2 aromatic carbocycles. The molecule has 7 heteroatoms. The van der Waals surface area contributed by atoms with E-state index in [-0.39, 0.29) is 34.6 Å². The van der Waals surface area contributed by atoms with E-state index in [2.05, 4.69) is 0 Å². The molecule has 0 aromatic heterocycles. The highest BCUT2D eigenvalue weighted by molar-refractivity contribution is 6.37. The summed E-state index contributed by atoms with van der Waals surface area (Å²) in [5.74, 6) is -0.379. The lowest BCUT2D eigenvalue weighted by atomic mass is 9.97. The zero-order valence-electron chi connectivity index (χ0n) is 14.8. The van der Waals surface area contributed by atoms with Gasteiger partial charge in [-0.15, -0.1) is 0 Å². The van der Waals surface area contributed by atoms with Crippen LogP contribution in [0.2, 0.25) is 10.0 Å². The van der Waals surface area contributed by atoms with Crippen LogP contribution in [0.3, 0.4) is 0 Å². The van der Waals surface area contributed by atoms with Gasteiger partial charge in [0.1, 0.15) is 18.4 Å². The van der Waals surface area contributed by atoms with Crippen molar-refractivity contribution < 1.29 is 19.4 Å². The summed E-state index contributed by atoms with van der Waals surface area (Å²) in [4.78, 5) is 11.6. The van der Waals surface area contributed by atoms with Crippen molar-refractivity contribution in [2.45, 2.75) is 20.5 Å². The average molecular weight is 406 g/mol. The van der Waals surface area contributed by atoms with Gasteiger partial charge in [-0.1, -0.05) is 53.0 Å². The van der Waals surface area contributed by atoms with Crippen molar-refractivity contribution in [1.82, 2.24) is 0 Å². The van der Waals surface area contributed by atoms with Gasteiger partial charge in [-0.25, -0.2) is 4.79 Å². The second kappa shape index (κ2) is 9.31. The topological polar surface area (TPSA) is 79.6 Å². The van der Waals surface area contributed by atoms with E-state index in [4.69, 9.17) is 37.9 Å².